The lowest BCUT2D eigenvalue weighted by atomic mass is 10.2. The average molecular weight is 435 g/mol. The third-order valence-corrected chi connectivity index (χ3v) is 5.63. The fourth-order valence-corrected chi connectivity index (χ4v) is 3.62. The van der Waals surface area contributed by atoms with Crippen LogP contribution in [0.2, 0.25) is 0 Å². The van der Waals surface area contributed by atoms with E-state index in [1.54, 1.807) is 7.05 Å². The second kappa shape index (κ2) is 7.94. The molecular weight excluding hydrogens is 422 g/mol. The van der Waals surface area contributed by atoms with Gasteiger partial charge in [-0.2, -0.15) is 0 Å². The second-order valence-electron chi connectivity index (χ2n) is 5.65. The lowest BCUT2D eigenvalue weighted by Gasteiger charge is -2.08. The first-order valence-corrected chi connectivity index (χ1v) is 10.1. The number of nitro benzene ring substituents is 1. The standard InChI is InChI=1S/C15H13N7O5S2/c1-21-15(18-19-20-21)28-13-6-5-9(7-12(13)22(24)25)14(23)17-10-3-2-4-11(8-10)29(16,26)27/h2-8H,1H3,(H,17,23)(H2,16,26,27). The van der Waals surface area contributed by atoms with Gasteiger partial charge in [0.2, 0.25) is 15.2 Å². The Bertz CT molecular complexity index is 1210. The number of carbonyl (C=O) groups excluding carboxylic acids is 1. The van der Waals surface area contributed by atoms with Crippen LogP contribution in [0.1, 0.15) is 10.4 Å². The Morgan fingerprint density at radius 2 is 2.03 bits per heavy atom. The summed E-state index contributed by atoms with van der Waals surface area (Å²) in [7, 11) is -2.35. The Kier molecular flexibility index (Phi) is 5.58. The molecule has 0 bridgehead atoms. The van der Waals surface area contributed by atoms with Crippen molar-refractivity contribution >= 4 is 39.1 Å². The van der Waals surface area contributed by atoms with E-state index in [4.69, 9.17) is 5.14 Å². The maximum absolute atomic E-state index is 12.5. The van der Waals surface area contributed by atoms with Crippen molar-refractivity contribution in [3.05, 3.63) is 58.1 Å². The quantitative estimate of drug-likeness (QED) is 0.425. The van der Waals surface area contributed by atoms with Crippen LogP contribution in [0.4, 0.5) is 11.4 Å². The van der Waals surface area contributed by atoms with E-state index in [-0.39, 0.29) is 26.7 Å². The molecule has 29 heavy (non-hydrogen) atoms. The number of rotatable bonds is 6. The monoisotopic (exact) mass is 435 g/mol. The van der Waals surface area contributed by atoms with E-state index in [0.29, 0.717) is 5.16 Å². The SMILES string of the molecule is Cn1nnnc1Sc1ccc(C(=O)Nc2cccc(S(N)(=O)=O)c2)cc1[N+](=O)[O-]. The van der Waals surface area contributed by atoms with Crippen molar-refractivity contribution in [3.8, 4) is 0 Å². The fraction of sp³-hybridized carbons (Fsp3) is 0.0667. The third-order valence-electron chi connectivity index (χ3n) is 3.62. The van der Waals surface area contributed by atoms with Gasteiger partial charge in [0.05, 0.1) is 14.7 Å². The van der Waals surface area contributed by atoms with Gasteiger partial charge in [-0.1, -0.05) is 6.07 Å². The van der Waals surface area contributed by atoms with Crippen LogP contribution >= 0.6 is 11.8 Å². The minimum Gasteiger partial charge on any atom is -0.322 e. The molecule has 3 N–H and O–H groups in total. The molecule has 3 rings (SSSR count). The van der Waals surface area contributed by atoms with Crippen LogP contribution in [0.3, 0.4) is 0 Å². The number of aryl methyl sites for hydroxylation is 1. The zero-order valence-electron chi connectivity index (χ0n) is 14.7. The van der Waals surface area contributed by atoms with Gasteiger partial charge >= 0.3 is 0 Å². The number of primary sulfonamides is 1. The van der Waals surface area contributed by atoms with E-state index in [1.807, 2.05) is 0 Å². The van der Waals surface area contributed by atoms with Crippen molar-refractivity contribution in [2.75, 3.05) is 5.32 Å². The van der Waals surface area contributed by atoms with Crippen LogP contribution in [0.25, 0.3) is 0 Å². The minimum absolute atomic E-state index is 0.0122. The normalized spacial score (nSPS) is 11.2. The molecule has 0 aliphatic carbocycles. The number of nitrogens with two attached hydrogens (primary N) is 1. The third kappa shape index (κ3) is 4.74. The molecule has 150 valence electrons. The first-order valence-electron chi connectivity index (χ1n) is 7.78. The van der Waals surface area contributed by atoms with Crippen LogP contribution in [0.15, 0.2) is 57.4 Å². The molecule has 0 atom stereocenters. The number of amides is 1. The van der Waals surface area contributed by atoms with Gasteiger partial charge in [-0.05, 0) is 52.5 Å². The summed E-state index contributed by atoms with van der Waals surface area (Å²) >= 11 is 0.978. The predicted octanol–water partition coefficient (Wildman–Crippen LogP) is 1.17. The van der Waals surface area contributed by atoms with Gasteiger partial charge < -0.3 is 5.32 Å². The lowest BCUT2D eigenvalue weighted by molar-refractivity contribution is -0.387. The summed E-state index contributed by atoms with van der Waals surface area (Å²) in [5.74, 6) is -0.656. The second-order valence-corrected chi connectivity index (χ2v) is 8.22. The molecule has 1 heterocycles. The van der Waals surface area contributed by atoms with Crippen molar-refractivity contribution in [1.82, 2.24) is 20.2 Å². The summed E-state index contributed by atoms with van der Waals surface area (Å²) in [6, 6.07) is 9.27. The van der Waals surface area contributed by atoms with Crippen molar-refractivity contribution in [2.24, 2.45) is 12.2 Å². The summed E-state index contributed by atoms with van der Waals surface area (Å²) in [5.41, 5.74) is -0.116. The topological polar surface area (TPSA) is 176 Å². The van der Waals surface area contributed by atoms with Crippen molar-refractivity contribution in [2.45, 2.75) is 14.9 Å². The molecule has 0 radical (unpaired) electrons. The molecule has 14 heteroatoms. The van der Waals surface area contributed by atoms with E-state index >= 15 is 0 Å². The van der Waals surface area contributed by atoms with Crippen LogP contribution in [0.5, 0.6) is 0 Å². The molecule has 1 aromatic heterocycles. The molecule has 0 spiro atoms. The largest absolute Gasteiger partial charge is 0.322 e. The fourth-order valence-electron chi connectivity index (χ4n) is 2.25. The number of hydrogen-bond donors (Lipinski definition) is 2. The highest BCUT2D eigenvalue weighted by Gasteiger charge is 2.20. The average Bonchev–Trinajstić information content (AvgIpc) is 3.06. The van der Waals surface area contributed by atoms with E-state index in [2.05, 4.69) is 20.8 Å². The molecule has 12 nitrogen and oxygen atoms in total. The molecule has 0 fully saturated rings. The summed E-state index contributed by atoms with van der Waals surface area (Å²) in [6.45, 7) is 0. The number of nitro groups is 1. The number of benzene rings is 2. The molecule has 0 unspecified atom stereocenters. The molecule has 0 saturated heterocycles. The van der Waals surface area contributed by atoms with Gasteiger partial charge in [-0.25, -0.2) is 18.2 Å². The van der Waals surface area contributed by atoms with Crippen LogP contribution in [0, 0.1) is 10.1 Å². The minimum atomic E-state index is -3.94. The van der Waals surface area contributed by atoms with Gasteiger partial charge in [0, 0.05) is 24.4 Å². The van der Waals surface area contributed by atoms with Gasteiger partial charge in [0.1, 0.15) is 0 Å². The maximum atomic E-state index is 12.5. The molecule has 0 saturated carbocycles. The summed E-state index contributed by atoms with van der Waals surface area (Å²) < 4.78 is 24.2. The Balaban J connectivity index is 1.87. The Hall–Kier alpha value is -3.36. The number of hydrogen-bond acceptors (Lipinski definition) is 9. The Morgan fingerprint density at radius 3 is 2.66 bits per heavy atom. The Labute approximate surface area is 168 Å². The first-order chi connectivity index (χ1) is 13.6. The zero-order chi connectivity index (χ0) is 21.2. The number of nitrogens with zero attached hydrogens (tertiary/aromatic N) is 5. The Morgan fingerprint density at radius 1 is 1.28 bits per heavy atom. The van der Waals surface area contributed by atoms with Crippen molar-refractivity contribution in [1.29, 1.82) is 0 Å². The molecule has 3 aromatic rings. The molecule has 1 amide bonds. The van der Waals surface area contributed by atoms with Gasteiger partial charge in [-0.15, -0.1) is 5.10 Å². The predicted molar refractivity (Wildman–Crippen MR) is 102 cm³/mol. The number of aromatic nitrogens is 4. The van der Waals surface area contributed by atoms with Crippen molar-refractivity contribution in [3.63, 3.8) is 0 Å². The molecule has 0 aliphatic rings. The van der Waals surface area contributed by atoms with E-state index in [9.17, 15) is 23.3 Å². The van der Waals surface area contributed by atoms with E-state index in [0.717, 1.165) is 17.8 Å². The number of sulfonamides is 1. The number of tetrazole rings is 1. The highest BCUT2D eigenvalue weighted by atomic mass is 32.2. The molecule has 2 aromatic carbocycles. The lowest BCUT2D eigenvalue weighted by Crippen LogP contribution is -2.15. The summed E-state index contributed by atoms with van der Waals surface area (Å²) in [6.07, 6.45) is 0. The maximum Gasteiger partial charge on any atom is 0.284 e. The van der Waals surface area contributed by atoms with Crippen LogP contribution < -0.4 is 10.5 Å². The number of nitrogens with one attached hydrogen (secondary N) is 1. The highest BCUT2D eigenvalue weighted by molar-refractivity contribution is 7.99. The summed E-state index contributed by atoms with van der Waals surface area (Å²) in [4.78, 5) is 23.4. The van der Waals surface area contributed by atoms with Gasteiger partial charge in [0.25, 0.3) is 11.6 Å². The molecular formula is C15H13N7O5S2. The number of carbonyl (C=O) groups is 1. The highest BCUT2D eigenvalue weighted by Crippen LogP contribution is 2.34. The van der Waals surface area contributed by atoms with Crippen LogP contribution in [-0.4, -0.2) is 39.5 Å². The number of anilines is 1. The van der Waals surface area contributed by atoms with E-state index < -0.39 is 20.9 Å². The van der Waals surface area contributed by atoms with E-state index in [1.165, 1.54) is 41.1 Å². The summed E-state index contributed by atoms with van der Waals surface area (Å²) in [5, 5.41) is 30.2. The van der Waals surface area contributed by atoms with Gasteiger partial charge in [-0.3, -0.25) is 14.9 Å². The van der Waals surface area contributed by atoms with Crippen molar-refractivity contribution < 1.29 is 18.1 Å². The first kappa shape index (κ1) is 20.4. The van der Waals surface area contributed by atoms with Crippen LogP contribution in [-0.2, 0) is 17.1 Å². The van der Waals surface area contributed by atoms with Gasteiger partial charge in [0.15, 0.2) is 0 Å². The smallest absolute Gasteiger partial charge is 0.284 e. The molecule has 0 aliphatic heterocycles. The zero-order valence-corrected chi connectivity index (χ0v) is 16.3.